The summed E-state index contributed by atoms with van der Waals surface area (Å²) in [5.41, 5.74) is 1.86. The average molecular weight is 309 g/mol. The summed E-state index contributed by atoms with van der Waals surface area (Å²) >= 11 is 0. The van der Waals surface area contributed by atoms with E-state index in [0.717, 1.165) is 11.1 Å². The molecular formula is C16H15N5O2. The van der Waals surface area contributed by atoms with Gasteiger partial charge in [-0.05, 0) is 24.3 Å². The van der Waals surface area contributed by atoms with Crippen LogP contribution in [0, 0.1) is 0 Å². The van der Waals surface area contributed by atoms with E-state index < -0.39 is 0 Å². The van der Waals surface area contributed by atoms with Gasteiger partial charge in [-0.1, -0.05) is 6.07 Å². The molecule has 1 unspecified atom stereocenters. The third-order valence-corrected chi connectivity index (χ3v) is 3.89. The fourth-order valence-corrected chi connectivity index (χ4v) is 2.69. The number of rotatable bonds is 2. The molecule has 1 fully saturated rings. The van der Waals surface area contributed by atoms with Crippen LogP contribution in [0.15, 0.2) is 42.7 Å². The predicted molar refractivity (Wildman–Crippen MR) is 82.7 cm³/mol. The van der Waals surface area contributed by atoms with Crippen molar-refractivity contribution in [1.29, 1.82) is 0 Å². The molecule has 1 saturated heterocycles. The number of amides is 1. The lowest BCUT2D eigenvalue weighted by Gasteiger charge is -2.32. The van der Waals surface area contributed by atoms with Crippen LogP contribution in [-0.2, 0) is 4.74 Å². The van der Waals surface area contributed by atoms with Crippen LogP contribution in [0.1, 0.15) is 22.3 Å². The number of pyridine rings is 2. The van der Waals surface area contributed by atoms with Crippen LogP contribution in [-0.4, -0.2) is 50.7 Å². The van der Waals surface area contributed by atoms with E-state index in [0.29, 0.717) is 31.0 Å². The molecule has 0 aliphatic carbocycles. The standard InChI is InChI=1S/C16H15N5O2/c22-16(13-5-4-11-9-18-20-15(11)19-13)21-7-8-23-14(10-21)12-3-1-2-6-17-12/h1-6,9,14H,7-8,10H2,(H,18,19,20). The van der Waals surface area contributed by atoms with E-state index in [-0.39, 0.29) is 12.0 Å². The number of hydrogen-bond donors (Lipinski definition) is 1. The average Bonchev–Trinajstić information content (AvgIpc) is 3.09. The molecule has 3 aromatic rings. The second-order valence-corrected chi connectivity index (χ2v) is 5.37. The molecule has 4 rings (SSSR count). The highest BCUT2D eigenvalue weighted by atomic mass is 16.5. The maximum absolute atomic E-state index is 12.7. The number of carbonyl (C=O) groups excluding carboxylic acids is 1. The number of ether oxygens (including phenoxy) is 1. The van der Waals surface area contributed by atoms with E-state index in [9.17, 15) is 4.79 Å². The molecule has 0 spiro atoms. The van der Waals surface area contributed by atoms with E-state index >= 15 is 0 Å². The fourth-order valence-electron chi connectivity index (χ4n) is 2.69. The smallest absolute Gasteiger partial charge is 0.272 e. The SMILES string of the molecule is O=C(c1ccc2cn[nH]c2n1)N1CCOC(c2ccccn2)C1. The summed E-state index contributed by atoms with van der Waals surface area (Å²) < 4.78 is 5.75. The zero-order valence-electron chi connectivity index (χ0n) is 12.3. The summed E-state index contributed by atoms with van der Waals surface area (Å²) in [7, 11) is 0. The fraction of sp³-hybridized carbons (Fsp3) is 0.250. The van der Waals surface area contributed by atoms with Gasteiger partial charge in [0, 0.05) is 18.1 Å². The van der Waals surface area contributed by atoms with Crippen molar-refractivity contribution in [2.45, 2.75) is 6.10 Å². The Kier molecular flexibility index (Phi) is 3.47. The van der Waals surface area contributed by atoms with E-state index in [1.54, 1.807) is 23.4 Å². The predicted octanol–water partition coefficient (Wildman–Crippen LogP) is 1.57. The number of H-pyrrole nitrogens is 1. The molecule has 0 radical (unpaired) electrons. The molecule has 7 nitrogen and oxygen atoms in total. The van der Waals surface area contributed by atoms with Crippen LogP contribution in [0.25, 0.3) is 11.0 Å². The molecule has 4 heterocycles. The molecule has 1 atom stereocenters. The highest BCUT2D eigenvalue weighted by molar-refractivity contribution is 5.94. The number of nitrogens with zero attached hydrogens (tertiary/aromatic N) is 4. The van der Waals surface area contributed by atoms with E-state index in [4.69, 9.17) is 4.74 Å². The number of hydrogen-bond acceptors (Lipinski definition) is 5. The Labute approximate surface area is 132 Å². The van der Waals surface area contributed by atoms with Gasteiger partial charge in [-0.3, -0.25) is 14.9 Å². The van der Waals surface area contributed by atoms with Crippen LogP contribution in [0.5, 0.6) is 0 Å². The lowest BCUT2D eigenvalue weighted by Crippen LogP contribution is -2.42. The van der Waals surface area contributed by atoms with Gasteiger partial charge in [0.15, 0.2) is 5.65 Å². The van der Waals surface area contributed by atoms with Gasteiger partial charge >= 0.3 is 0 Å². The molecule has 1 aliphatic rings. The molecule has 0 bridgehead atoms. The van der Waals surface area contributed by atoms with Crippen molar-refractivity contribution in [3.8, 4) is 0 Å². The number of fused-ring (bicyclic) bond motifs is 1. The Morgan fingerprint density at radius 1 is 1.30 bits per heavy atom. The Morgan fingerprint density at radius 3 is 3.13 bits per heavy atom. The van der Waals surface area contributed by atoms with Gasteiger partial charge < -0.3 is 9.64 Å². The summed E-state index contributed by atoms with van der Waals surface area (Å²) in [5, 5.41) is 7.60. The van der Waals surface area contributed by atoms with Crippen LogP contribution in [0.2, 0.25) is 0 Å². The molecule has 116 valence electrons. The third-order valence-electron chi connectivity index (χ3n) is 3.89. The van der Waals surface area contributed by atoms with Crippen LogP contribution >= 0.6 is 0 Å². The zero-order chi connectivity index (χ0) is 15.6. The van der Waals surface area contributed by atoms with Crippen LogP contribution in [0.3, 0.4) is 0 Å². The number of nitrogens with one attached hydrogen (secondary N) is 1. The molecule has 0 saturated carbocycles. The lowest BCUT2D eigenvalue weighted by atomic mass is 10.1. The highest BCUT2D eigenvalue weighted by Gasteiger charge is 2.27. The molecular weight excluding hydrogens is 294 g/mol. The monoisotopic (exact) mass is 309 g/mol. The zero-order valence-corrected chi connectivity index (χ0v) is 12.3. The minimum atomic E-state index is -0.204. The Hall–Kier alpha value is -2.80. The minimum absolute atomic E-state index is 0.106. The van der Waals surface area contributed by atoms with Gasteiger partial charge in [-0.25, -0.2) is 4.98 Å². The summed E-state index contributed by atoms with van der Waals surface area (Å²) in [6, 6.07) is 9.26. The van der Waals surface area contributed by atoms with E-state index in [1.165, 1.54) is 0 Å². The van der Waals surface area contributed by atoms with Gasteiger partial charge in [0.2, 0.25) is 0 Å². The number of aromatic amines is 1. The van der Waals surface area contributed by atoms with Crippen LogP contribution < -0.4 is 0 Å². The molecule has 7 heteroatoms. The summed E-state index contributed by atoms with van der Waals surface area (Å²) in [4.78, 5) is 23.1. The lowest BCUT2D eigenvalue weighted by molar-refractivity contribution is -0.0249. The normalized spacial score (nSPS) is 18.3. The summed E-state index contributed by atoms with van der Waals surface area (Å²) in [6.45, 7) is 1.50. The first-order chi connectivity index (χ1) is 11.3. The van der Waals surface area contributed by atoms with Gasteiger partial charge in [-0.15, -0.1) is 0 Å². The highest BCUT2D eigenvalue weighted by Crippen LogP contribution is 2.21. The van der Waals surface area contributed by atoms with Gasteiger partial charge in [0.25, 0.3) is 5.91 Å². The van der Waals surface area contributed by atoms with Crippen LogP contribution in [0.4, 0.5) is 0 Å². The molecule has 1 aliphatic heterocycles. The molecule has 23 heavy (non-hydrogen) atoms. The van der Waals surface area contributed by atoms with Crippen molar-refractivity contribution in [1.82, 2.24) is 25.1 Å². The van der Waals surface area contributed by atoms with Crippen molar-refractivity contribution in [3.05, 3.63) is 54.1 Å². The molecule has 3 aromatic heterocycles. The first-order valence-corrected chi connectivity index (χ1v) is 7.43. The summed E-state index contributed by atoms with van der Waals surface area (Å²) in [5.74, 6) is -0.106. The maximum Gasteiger partial charge on any atom is 0.272 e. The molecule has 1 amide bonds. The summed E-state index contributed by atoms with van der Waals surface area (Å²) in [6.07, 6.45) is 3.21. The second-order valence-electron chi connectivity index (χ2n) is 5.37. The van der Waals surface area contributed by atoms with Crippen molar-refractivity contribution in [3.63, 3.8) is 0 Å². The van der Waals surface area contributed by atoms with Crippen molar-refractivity contribution in [2.24, 2.45) is 0 Å². The first kappa shape index (κ1) is 13.8. The largest absolute Gasteiger partial charge is 0.368 e. The maximum atomic E-state index is 12.7. The van der Waals surface area contributed by atoms with Gasteiger partial charge in [0.05, 0.1) is 25.0 Å². The van der Waals surface area contributed by atoms with Gasteiger partial charge in [0.1, 0.15) is 11.8 Å². The number of carbonyl (C=O) groups is 1. The molecule has 1 N–H and O–H groups in total. The number of morpholine rings is 1. The third kappa shape index (κ3) is 2.66. The van der Waals surface area contributed by atoms with E-state index in [2.05, 4.69) is 20.2 Å². The molecule has 0 aromatic carbocycles. The number of aromatic nitrogens is 4. The Balaban J connectivity index is 1.55. The Morgan fingerprint density at radius 2 is 2.26 bits per heavy atom. The van der Waals surface area contributed by atoms with Crippen molar-refractivity contribution >= 4 is 16.9 Å². The topological polar surface area (TPSA) is 84.0 Å². The van der Waals surface area contributed by atoms with Crippen molar-refractivity contribution < 1.29 is 9.53 Å². The van der Waals surface area contributed by atoms with Crippen molar-refractivity contribution in [2.75, 3.05) is 19.7 Å². The van der Waals surface area contributed by atoms with E-state index in [1.807, 2.05) is 24.3 Å². The Bertz CT molecular complexity index is 833. The first-order valence-electron chi connectivity index (χ1n) is 7.43. The quantitative estimate of drug-likeness (QED) is 0.776. The van der Waals surface area contributed by atoms with Gasteiger partial charge in [-0.2, -0.15) is 5.10 Å². The minimum Gasteiger partial charge on any atom is -0.368 e. The second kappa shape index (κ2) is 5.77.